The van der Waals surface area contributed by atoms with Crippen molar-refractivity contribution in [3.63, 3.8) is 0 Å². The van der Waals surface area contributed by atoms with Gasteiger partial charge in [0.15, 0.2) is 5.69 Å². The highest BCUT2D eigenvalue weighted by atomic mass is 16.4. The lowest BCUT2D eigenvalue weighted by atomic mass is 9.88. The Labute approximate surface area is 114 Å². The predicted molar refractivity (Wildman–Crippen MR) is 75.6 cm³/mol. The molecule has 0 saturated carbocycles. The summed E-state index contributed by atoms with van der Waals surface area (Å²) in [5.74, 6) is -0.383. The normalized spacial score (nSPS) is 13.4. The maximum atomic E-state index is 11.3. The molecule has 106 valence electrons. The van der Waals surface area contributed by atoms with Crippen LogP contribution in [-0.4, -0.2) is 27.1 Å². The Morgan fingerprint density at radius 3 is 2.32 bits per heavy atom. The Morgan fingerprint density at radius 1 is 1.32 bits per heavy atom. The van der Waals surface area contributed by atoms with Gasteiger partial charge in [0.05, 0.1) is 11.9 Å². The van der Waals surface area contributed by atoms with Crippen LogP contribution in [0.3, 0.4) is 0 Å². The Kier molecular flexibility index (Phi) is 4.50. The van der Waals surface area contributed by atoms with Gasteiger partial charge in [-0.15, -0.1) is 0 Å². The third-order valence-corrected chi connectivity index (χ3v) is 3.20. The number of hydrogen-bond donors (Lipinski definition) is 2. The molecular formula is C14H23N3O2. The molecule has 0 aliphatic carbocycles. The Hall–Kier alpha value is -1.65. The zero-order valence-corrected chi connectivity index (χ0v) is 12.5. The van der Waals surface area contributed by atoms with Crippen LogP contribution in [0, 0.1) is 5.41 Å². The quantitative estimate of drug-likeness (QED) is 0.874. The number of aromatic nitrogens is 2. The third kappa shape index (κ3) is 3.91. The second kappa shape index (κ2) is 5.55. The second-order valence-corrected chi connectivity index (χ2v) is 6.18. The van der Waals surface area contributed by atoms with Crippen molar-refractivity contribution in [2.24, 2.45) is 5.41 Å². The van der Waals surface area contributed by atoms with E-state index in [4.69, 9.17) is 0 Å². The lowest BCUT2D eigenvalue weighted by Crippen LogP contribution is -2.31. The summed E-state index contributed by atoms with van der Waals surface area (Å²) in [6.07, 6.45) is 1.56. The zero-order chi connectivity index (χ0) is 14.8. The van der Waals surface area contributed by atoms with Crippen molar-refractivity contribution < 1.29 is 9.90 Å². The van der Waals surface area contributed by atoms with Gasteiger partial charge in [0.25, 0.3) is 0 Å². The minimum atomic E-state index is -1.03. The maximum Gasteiger partial charge on any atom is 0.356 e. The molecule has 1 aromatic rings. The average Bonchev–Trinajstić information content (AvgIpc) is 2.27. The molecule has 0 bridgehead atoms. The Morgan fingerprint density at radius 2 is 1.89 bits per heavy atom. The monoisotopic (exact) mass is 265 g/mol. The maximum absolute atomic E-state index is 11.3. The molecule has 1 atom stereocenters. The van der Waals surface area contributed by atoms with E-state index in [1.807, 2.05) is 20.8 Å². The SMILES string of the molecule is CC(C)c1ncc(NC(C)C(C)(C)C)c(C(=O)O)n1. The van der Waals surface area contributed by atoms with Crippen molar-refractivity contribution in [3.05, 3.63) is 17.7 Å². The van der Waals surface area contributed by atoms with E-state index in [2.05, 4.69) is 36.1 Å². The minimum absolute atomic E-state index is 0.0203. The molecular weight excluding hydrogens is 242 g/mol. The van der Waals surface area contributed by atoms with E-state index in [1.165, 1.54) is 0 Å². The van der Waals surface area contributed by atoms with E-state index >= 15 is 0 Å². The van der Waals surface area contributed by atoms with Crippen LogP contribution < -0.4 is 5.32 Å². The number of carboxylic acids is 1. The molecule has 1 aromatic heterocycles. The standard InChI is InChI=1S/C14H23N3O2/c1-8(2)12-15-7-10(11(17-12)13(18)19)16-9(3)14(4,5)6/h7-9,16H,1-6H3,(H,18,19). The third-order valence-electron chi connectivity index (χ3n) is 3.20. The van der Waals surface area contributed by atoms with Gasteiger partial charge in [-0.1, -0.05) is 34.6 Å². The summed E-state index contributed by atoms with van der Waals surface area (Å²) >= 11 is 0. The lowest BCUT2D eigenvalue weighted by Gasteiger charge is -2.29. The number of anilines is 1. The van der Waals surface area contributed by atoms with E-state index in [-0.39, 0.29) is 23.1 Å². The van der Waals surface area contributed by atoms with Crippen LogP contribution >= 0.6 is 0 Å². The molecule has 1 heterocycles. The van der Waals surface area contributed by atoms with Crippen LogP contribution in [0.2, 0.25) is 0 Å². The molecule has 0 saturated heterocycles. The first-order valence-corrected chi connectivity index (χ1v) is 6.49. The molecule has 0 fully saturated rings. The molecule has 5 heteroatoms. The van der Waals surface area contributed by atoms with Gasteiger partial charge in [-0.2, -0.15) is 0 Å². The van der Waals surface area contributed by atoms with E-state index < -0.39 is 5.97 Å². The highest BCUT2D eigenvalue weighted by molar-refractivity contribution is 5.91. The van der Waals surface area contributed by atoms with Crippen molar-refractivity contribution >= 4 is 11.7 Å². The molecule has 19 heavy (non-hydrogen) atoms. The Bertz CT molecular complexity index is 464. The second-order valence-electron chi connectivity index (χ2n) is 6.18. The van der Waals surface area contributed by atoms with E-state index in [0.29, 0.717) is 11.5 Å². The summed E-state index contributed by atoms with van der Waals surface area (Å²) in [5, 5.41) is 12.4. The molecule has 2 N–H and O–H groups in total. The fourth-order valence-electron chi connectivity index (χ4n) is 1.39. The summed E-state index contributed by atoms with van der Waals surface area (Å²) in [5.41, 5.74) is 0.529. The van der Waals surface area contributed by atoms with Crippen molar-refractivity contribution in [2.75, 3.05) is 5.32 Å². The largest absolute Gasteiger partial charge is 0.476 e. The Balaban J connectivity index is 3.11. The van der Waals surface area contributed by atoms with Crippen LogP contribution in [0.15, 0.2) is 6.20 Å². The number of carbonyl (C=O) groups is 1. The van der Waals surface area contributed by atoms with Gasteiger partial charge in [-0.25, -0.2) is 14.8 Å². The first-order valence-electron chi connectivity index (χ1n) is 6.49. The number of rotatable bonds is 4. The summed E-state index contributed by atoms with van der Waals surface area (Å²) < 4.78 is 0. The first-order chi connectivity index (χ1) is 8.62. The van der Waals surface area contributed by atoms with E-state index in [9.17, 15) is 9.90 Å². The van der Waals surface area contributed by atoms with Gasteiger partial charge in [0, 0.05) is 12.0 Å². The van der Waals surface area contributed by atoms with Gasteiger partial charge >= 0.3 is 5.97 Å². The van der Waals surface area contributed by atoms with E-state index in [0.717, 1.165) is 0 Å². The van der Waals surface area contributed by atoms with Crippen molar-refractivity contribution in [1.29, 1.82) is 0 Å². The van der Waals surface area contributed by atoms with Crippen LogP contribution in [0.25, 0.3) is 0 Å². The van der Waals surface area contributed by atoms with Gasteiger partial charge < -0.3 is 10.4 Å². The van der Waals surface area contributed by atoms with Crippen LogP contribution in [0.5, 0.6) is 0 Å². The summed E-state index contributed by atoms with van der Waals surface area (Å²) in [6.45, 7) is 12.2. The fourth-order valence-corrected chi connectivity index (χ4v) is 1.39. The highest BCUT2D eigenvalue weighted by Gasteiger charge is 2.23. The van der Waals surface area contributed by atoms with Gasteiger partial charge in [-0.3, -0.25) is 0 Å². The number of aromatic carboxylic acids is 1. The van der Waals surface area contributed by atoms with Crippen LogP contribution in [-0.2, 0) is 0 Å². The molecule has 1 rings (SSSR count). The first kappa shape index (κ1) is 15.4. The smallest absolute Gasteiger partial charge is 0.356 e. The number of hydrogen-bond acceptors (Lipinski definition) is 4. The minimum Gasteiger partial charge on any atom is -0.476 e. The number of carboxylic acid groups (broad SMARTS) is 1. The van der Waals surface area contributed by atoms with Gasteiger partial charge in [0.1, 0.15) is 5.82 Å². The molecule has 5 nitrogen and oxygen atoms in total. The molecule has 0 amide bonds. The topological polar surface area (TPSA) is 75.1 Å². The molecule has 0 aliphatic heterocycles. The summed E-state index contributed by atoms with van der Waals surface area (Å²) in [7, 11) is 0. The van der Waals surface area contributed by atoms with Gasteiger partial charge in [0.2, 0.25) is 0 Å². The molecule has 0 radical (unpaired) electrons. The van der Waals surface area contributed by atoms with Crippen LogP contribution in [0.4, 0.5) is 5.69 Å². The molecule has 0 aromatic carbocycles. The average molecular weight is 265 g/mol. The fraction of sp³-hybridized carbons (Fsp3) is 0.643. The molecule has 0 aliphatic rings. The zero-order valence-electron chi connectivity index (χ0n) is 12.5. The van der Waals surface area contributed by atoms with E-state index in [1.54, 1.807) is 6.20 Å². The predicted octanol–water partition coefficient (Wildman–Crippen LogP) is 3.14. The molecule has 0 spiro atoms. The molecule has 1 unspecified atom stereocenters. The van der Waals surface area contributed by atoms with Crippen molar-refractivity contribution in [1.82, 2.24) is 9.97 Å². The number of nitrogens with zero attached hydrogens (tertiary/aromatic N) is 2. The van der Waals surface area contributed by atoms with Crippen LogP contribution in [0.1, 0.15) is 63.8 Å². The highest BCUT2D eigenvalue weighted by Crippen LogP contribution is 2.24. The van der Waals surface area contributed by atoms with Crippen molar-refractivity contribution in [2.45, 2.75) is 53.5 Å². The van der Waals surface area contributed by atoms with Crippen molar-refractivity contribution in [3.8, 4) is 0 Å². The summed E-state index contributed by atoms with van der Waals surface area (Å²) in [6, 6.07) is 0.110. The number of nitrogens with one attached hydrogen (secondary N) is 1. The van der Waals surface area contributed by atoms with Gasteiger partial charge in [-0.05, 0) is 12.3 Å². The lowest BCUT2D eigenvalue weighted by molar-refractivity contribution is 0.0691. The summed E-state index contributed by atoms with van der Waals surface area (Å²) in [4.78, 5) is 19.7.